The fourth-order valence-electron chi connectivity index (χ4n) is 1.71. The van der Waals surface area contributed by atoms with Crippen LogP contribution in [-0.2, 0) is 0 Å². The Bertz CT molecular complexity index is 419. The molecule has 1 nitrogen and oxygen atoms in total. The van der Waals surface area contributed by atoms with Gasteiger partial charge in [-0.2, -0.15) is 0 Å². The molecule has 0 unspecified atom stereocenters. The summed E-state index contributed by atoms with van der Waals surface area (Å²) in [6, 6.07) is 5.93. The molecular formula is C13H13ClO. The maximum Gasteiger partial charge on any atom is 0.137 e. The minimum atomic E-state index is 0.672. The van der Waals surface area contributed by atoms with Crippen LogP contribution in [0.3, 0.4) is 0 Å². The van der Waals surface area contributed by atoms with Crippen LogP contribution < -0.4 is 4.74 Å². The van der Waals surface area contributed by atoms with Gasteiger partial charge in [-0.3, -0.25) is 0 Å². The monoisotopic (exact) mass is 220 g/mol. The van der Waals surface area contributed by atoms with E-state index >= 15 is 0 Å². The highest BCUT2D eigenvalue weighted by atomic mass is 35.5. The van der Waals surface area contributed by atoms with Crippen LogP contribution in [0.4, 0.5) is 0 Å². The summed E-state index contributed by atoms with van der Waals surface area (Å²) in [5.74, 6) is 0.729. The van der Waals surface area contributed by atoms with Crippen LogP contribution >= 0.6 is 11.6 Å². The van der Waals surface area contributed by atoms with Crippen LogP contribution in [0.2, 0.25) is 5.02 Å². The second-order valence-corrected chi connectivity index (χ2v) is 3.92. The van der Waals surface area contributed by atoms with Gasteiger partial charge in [0.05, 0.1) is 12.1 Å². The molecule has 1 aromatic carbocycles. The first-order chi connectivity index (χ1) is 7.31. The van der Waals surface area contributed by atoms with Crippen molar-refractivity contribution in [2.45, 2.75) is 12.8 Å². The van der Waals surface area contributed by atoms with Gasteiger partial charge in [-0.1, -0.05) is 35.9 Å². The van der Waals surface area contributed by atoms with Crippen molar-refractivity contribution in [3.8, 4) is 5.75 Å². The summed E-state index contributed by atoms with van der Waals surface area (Å²) in [4.78, 5) is 0. The highest BCUT2D eigenvalue weighted by molar-refractivity contribution is 6.32. The lowest BCUT2D eigenvalue weighted by Crippen LogP contribution is -1.90. The Hall–Kier alpha value is -1.21. The lowest BCUT2D eigenvalue weighted by Gasteiger charge is -2.11. The lowest BCUT2D eigenvalue weighted by molar-refractivity contribution is 0.415. The largest absolute Gasteiger partial charge is 0.495 e. The third kappa shape index (κ3) is 2.24. The quantitative estimate of drug-likeness (QED) is 0.730. The third-order valence-corrected chi connectivity index (χ3v) is 2.83. The number of methoxy groups -OCH3 is 1. The van der Waals surface area contributed by atoms with Crippen LogP contribution in [0, 0.1) is 0 Å². The van der Waals surface area contributed by atoms with E-state index in [1.54, 1.807) is 7.11 Å². The number of halogens is 1. The lowest BCUT2D eigenvalue weighted by atomic mass is 9.97. The molecule has 0 spiro atoms. The van der Waals surface area contributed by atoms with Crippen molar-refractivity contribution in [3.63, 3.8) is 0 Å². The average Bonchev–Trinajstić information content (AvgIpc) is 2.30. The molecule has 1 aliphatic rings. The van der Waals surface area contributed by atoms with Crippen molar-refractivity contribution >= 4 is 17.2 Å². The van der Waals surface area contributed by atoms with E-state index in [1.807, 2.05) is 12.1 Å². The van der Waals surface area contributed by atoms with Crippen LogP contribution in [-0.4, -0.2) is 7.11 Å². The van der Waals surface area contributed by atoms with Crippen LogP contribution in [0.25, 0.3) is 5.57 Å². The Morgan fingerprint density at radius 3 is 2.80 bits per heavy atom. The van der Waals surface area contributed by atoms with Crippen LogP contribution in [0.5, 0.6) is 5.75 Å². The highest BCUT2D eigenvalue weighted by Gasteiger charge is 2.06. The molecular weight excluding hydrogens is 208 g/mol. The SMILES string of the molecule is COc1ccc(C2=CC=CCC2)cc1Cl. The predicted molar refractivity (Wildman–Crippen MR) is 64.4 cm³/mol. The van der Waals surface area contributed by atoms with Gasteiger partial charge in [0.25, 0.3) is 0 Å². The number of ether oxygens (including phenoxy) is 1. The molecule has 15 heavy (non-hydrogen) atoms. The molecule has 0 saturated carbocycles. The van der Waals surface area contributed by atoms with Gasteiger partial charge in [-0.15, -0.1) is 0 Å². The molecule has 0 heterocycles. The van der Waals surface area contributed by atoms with E-state index in [4.69, 9.17) is 16.3 Å². The first kappa shape index (κ1) is 10.3. The number of allylic oxidation sites excluding steroid dienone is 4. The first-order valence-electron chi connectivity index (χ1n) is 5.01. The van der Waals surface area contributed by atoms with Crippen molar-refractivity contribution in [1.82, 2.24) is 0 Å². The molecule has 0 aromatic heterocycles. The second kappa shape index (κ2) is 4.54. The van der Waals surface area contributed by atoms with Gasteiger partial charge in [0.15, 0.2) is 0 Å². The zero-order valence-electron chi connectivity index (χ0n) is 8.66. The Morgan fingerprint density at radius 2 is 2.20 bits per heavy atom. The van der Waals surface area contributed by atoms with E-state index in [1.165, 1.54) is 11.1 Å². The van der Waals surface area contributed by atoms with Gasteiger partial charge in [0, 0.05) is 0 Å². The number of rotatable bonds is 2. The van der Waals surface area contributed by atoms with Gasteiger partial charge in [-0.25, -0.2) is 0 Å². The van der Waals surface area contributed by atoms with Gasteiger partial charge >= 0.3 is 0 Å². The molecule has 0 radical (unpaired) electrons. The summed E-state index contributed by atoms with van der Waals surface area (Å²) >= 11 is 6.08. The predicted octanol–water partition coefficient (Wildman–Crippen LogP) is 4.08. The Labute approximate surface area is 95.0 Å². The topological polar surface area (TPSA) is 9.23 Å². The Balaban J connectivity index is 2.33. The molecule has 0 saturated heterocycles. The van der Waals surface area contributed by atoms with Crippen molar-refractivity contribution < 1.29 is 4.74 Å². The van der Waals surface area contributed by atoms with Gasteiger partial charge in [-0.05, 0) is 36.1 Å². The summed E-state index contributed by atoms with van der Waals surface area (Å²) in [6.07, 6.45) is 8.60. The Morgan fingerprint density at radius 1 is 1.33 bits per heavy atom. The zero-order chi connectivity index (χ0) is 10.7. The molecule has 2 heteroatoms. The van der Waals surface area contributed by atoms with E-state index in [0.717, 1.165) is 18.6 Å². The fraction of sp³-hybridized carbons (Fsp3) is 0.231. The molecule has 2 rings (SSSR count). The number of hydrogen-bond acceptors (Lipinski definition) is 1. The molecule has 0 bridgehead atoms. The normalized spacial score (nSPS) is 14.9. The summed E-state index contributed by atoms with van der Waals surface area (Å²) in [6.45, 7) is 0. The first-order valence-corrected chi connectivity index (χ1v) is 5.38. The molecule has 78 valence electrons. The van der Waals surface area contributed by atoms with E-state index in [-0.39, 0.29) is 0 Å². The number of hydrogen-bond donors (Lipinski definition) is 0. The molecule has 0 N–H and O–H groups in total. The smallest absolute Gasteiger partial charge is 0.137 e. The summed E-state index contributed by atoms with van der Waals surface area (Å²) in [7, 11) is 1.63. The molecule has 1 aliphatic carbocycles. The average molecular weight is 221 g/mol. The third-order valence-electron chi connectivity index (χ3n) is 2.54. The van der Waals surface area contributed by atoms with E-state index in [0.29, 0.717) is 5.02 Å². The van der Waals surface area contributed by atoms with Crippen molar-refractivity contribution in [2.24, 2.45) is 0 Å². The van der Waals surface area contributed by atoms with E-state index < -0.39 is 0 Å². The van der Waals surface area contributed by atoms with Gasteiger partial charge in [0.1, 0.15) is 5.75 Å². The molecule has 0 amide bonds. The second-order valence-electron chi connectivity index (χ2n) is 3.51. The van der Waals surface area contributed by atoms with E-state index in [9.17, 15) is 0 Å². The van der Waals surface area contributed by atoms with Crippen LogP contribution in [0.1, 0.15) is 18.4 Å². The van der Waals surface area contributed by atoms with Crippen LogP contribution in [0.15, 0.2) is 36.4 Å². The van der Waals surface area contributed by atoms with Crippen molar-refractivity contribution in [1.29, 1.82) is 0 Å². The van der Waals surface area contributed by atoms with Crippen molar-refractivity contribution in [2.75, 3.05) is 7.11 Å². The summed E-state index contributed by atoms with van der Waals surface area (Å²) in [5.41, 5.74) is 2.52. The summed E-state index contributed by atoms with van der Waals surface area (Å²) < 4.78 is 5.12. The minimum Gasteiger partial charge on any atom is -0.495 e. The summed E-state index contributed by atoms with van der Waals surface area (Å²) in [5, 5.41) is 0.672. The maximum atomic E-state index is 6.08. The standard InChI is InChI=1S/C13H13ClO/c1-15-13-8-7-11(9-12(13)14)10-5-3-2-4-6-10/h2-3,5,7-9H,4,6H2,1H3. The fourth-order valence-corrected chi connectivity index (χ4v) is 1.97. The minimum absolute atomic E-state index is 0.672. The van der Waals surface area contributed by atoms with Gasteiger partial charge < -0.3 is 4.74 Å². The highest BCUT2D eigenvalue weighted by Crippen LogP contribution is 2.30. The van der Waals surface area contributed by atoms with Crippen molar-refractivity contribution in [3.05, 3.63) is 47.0 Å². The van der Waals surface area contributed by atoms with E-state index in [2.05, 4.69) is 24.3 Å². The number of benzene rings is 1. The maximum absolute atomic E-state index is 6.08. The molecule has 1 aromatic rings. The molecule has 0 fully saturated rings. The molecule has 0 atom stereocenters. The Kier molecular flexibility index (Phi) is 3.12. The molecule has 0 aliphatic heterocycles. The zero-order valence-corrected chi connectivity index (χ0v) is 9.42. The van der Waals surface area contributed by atoms with Gasteiger partial charge in [0.2, 0.25) is 0 Å².